The average molecular weight is 198 g/mol. The number of thioether (sulfide) groups is 1. The maximum atomic E-state index is 10.6. The molecule has 13 heavy (non-hydrogen) atoms. The van der Waals surface area contributed by atoms with Gasteiger partial charge in [0.15, 0.2) is 11.0 Å². The van der Waals surface area contributed by atoms with Gasteiger partial charge < -0.3 is 0 Å². The zero-order valence-corrected chi connectivity index (χ0v) is 8.30. The van der Waals surface area contributed by atoms with Crippen LogP contribution in [0, 0.1) is 5.92 Å². The molecular formula is C8H12N3OS. The number of hydrogen-bond donors (Lipinski definition) is 1. The number of nitrogens with zero attached hydrogens (tertiary/aromatic N) is 2. The Balaban J connectivity index is 1.82. The Hall–Kier alpha value is -0.550. The van der Waals surface area contributed by atoms with Crippen LogP contribution in [0.15, 0.2) is 4.99 Å². The molecule has 1 saturated carbocycles. The van der Waals surface area contributed by atoms with Gasteiger partial charge in [0.2, 0.25) is 0 Å². The third-order valence-corrected chi connectivity index (χ3v) is 3.18. The number of carbonyl (C=O) groups is 1. The fourth-order valence-electron chi connectivity index (χ4n) is 1.14. The minimum Gasteiger partial charge on any atom is -0.298 e. The number of ketones is 1. The van der Waals surface area contributed by atoms with Crippen molar-refractivity contribution in [2.45, 2.75) is 25.1 Å². The van der Waals surface area contributed by atoms with Crippen molar-refractivity contribution in [3.8, 4) is 0 Å². The quantitative estimate of drug-likeness (QED) is 0.719. The standard InChI is InChI=1S/C8H12N3OS/c1-5(12)4-9-8-11-10-7(13-8)6-2-3-6/h6-7,10H,2-4H2,1H3. The molecule has 2 fully saturated rings. The third-order valence-electron chi connectivity index (χ3n) is 2.01. The van der Waals surface area contributed by atoms with Gasteiger partial charge in [-0.2, -0.15) is 10.9 Å². The number of rotatable bonds is 3. The van der Waals surface area contributed by atoms with Crippen molar-refractivity contribution in [1.29, 1.82) is 0 Å². The maximum absolute atomic E-state index is 10.6. The molecule has 4 nitrogen and oxygen atoms in total. The lowest BCUT2D eigenvalue weighted by Crippen LogP contribution is -2.26. The lowest BCUT2D eigenvalue weighted by molar-refractivity contribution is -0.115. The molecule has 1 N–H and O–H groups in total. The van der Waals surface area contributed by atoms with E-state index in [2.05, 4.69) is 15.8 Å². The highest BCUT2D eigenvalue weighted by Gasteiger charge is 2.36. The highest BCUT2D eigenvalue weighted by Crippen LogP contribution is 2.39. The summed E-state index contributed by atoms with van der Waals surface area (Å²) in [7, 11) is 0. The van der Waals surface area contributed by atoms with Gasteiger partial charge in [0, 0.05) is 0 Å². The summed E-state index contributed by atoms with van der Waals surface area (Å²) < 4.78 is 0. The monoisotopic (exact) mass is 198 g/mol. The van der Waals surface area contributed by atoms with E-state index in [1.807, 2.05) is 0 Å². The molecule has 1 aliphatic carbocycles. The number of nitrogens with one attached hydrogen (secondary N) is 1. The largest absolute Gasteiger partial charge is 0.298 e. The van der Waals surface area contributed by atoms with Crippen molar-refractivity contribution in [2.24, 2.45) is 10.9 Å². The lowest BCUT2D eigenvalue weighted by atomic mass is 10.4. The second kappa shape index (κ2) is 3.67. The van der Waals surface area contributed by atoms with Crippen LogP contribution in [0.1, 0.15) is 19.8 Å². The Morgan fingerprint density at radius 1 is 1.77 bits per heavy atom. The predicted molar refractivity (Wildman–Crippen MR) is 52.4 cm³/mol. The van der Waals surface area contributed by atoms with E-state index in [0.29, 0.717) is 5.37 Å². The van der Waals surface area contributed by atoms with E-state index in [1.165, 1.54) is 19.8 Å². The molecule has 2 rings (SSSR count). The van der Waals surface area contributed by atoms with E-state index >= 15 is 0 Å². The van der Waals surface area contributed by atoms with Crippen molar-refractivity contribution in [3.05, 3.63) is 0 Å². The van der Waals surface area contributed by atoms with Gasteiger partial charge >= 0.3 is 0 Å². The molecule has 0 aromatic carbocycles. The number of hydrogen-bond acceptors (Lipinski definition) is 4. The second-order valence-corrected chi connectivity index (χ2v) is 4.53. The summed E-state index contributed by atoms with van der Waals surface area (Å²) in [6.45, 7) is 1.79. The zero-order valence-electron chi connectivity index (χ0n) is 7.49. The van der Waals surface area contributed by atoms with Crippen LogP contribution < -0.4 is 10.9 Å². The second-order valence-electron chi connectivity index (χ2n) is 3.42. The van der Waals surface area contributed by atoms with Gasteiger partial charge in [0.05, 0.1) is 5.37 Å². The molecule has 0 amide bonds. The highest BCUT2D eigenvalue weighted by molar-refractivity contribution is 8.14. The first-order valence-corrected chi connectivity index (χ1v) is 5.30. The Kier molecular flexibility index (Phi) is 2.55. The molecular weight excluding hydrogens is 186 g/mol. The van der Waals surface area contributed by atoms with Gasteiger partial charge in [-0.3, -0.25) is 9.79 Å². The number of Topliss-reactive ketones (excluding diaryl/α,β-unsaturated/α-hetero) is 1. The fourth-order valence-corrected chi connectivity index (χ4v) is 2.18. The summed E-state index contributed by atoms with van der Waals surface area (Å²) in [6, 6.07) is 0. The van der Waals surface area contributed by atoms with Crippen molar-refractivity contribution < 1.29 is 4.79 Å². The van der Waals surface area contributed by atoms with Crippen LogP contribution >= 0.6 is 11.8 Å². The van der Waals surface area contributed by atoms with E-state index in [4.69, 9.17) is 0 Å². The fraction of sp³-hybridized carbons (Fsp3) is 0.750. The van der Waals surface area contributed by atoms with Crippen LogP contribution in [0.25, 0.3) is 0 Å². The minimum atomic E-state index is 0.0816. The van der Waals surface area contributed by atoms with Gasteiger partial charge in [-0.1, -0.05) is 11.8 Å². The van der Waals surface area contributed by atoms with Crippen molar-refractivity contribution in [1.82, 2.24) is 10.9 Å². The summed E-state index contributed by atoms with van der Waals surface area (Å²) in [5.41, 5.74) is 7.10. The summed E-state index contributed by atoms with van der Waals surface area (Å²) in [4.78, 5) is 14.7. The van der Waals surface area contributed by atoms with Crippen molar-refractivity contribution in [3.63, 3.8) is 0 Å². The summed E-state index contributed by atoms with van der Waals surface area (Å²) in [5.74, 6) is 0.844. The van der Waals surface area contributed by atoms with Crippen molar-refractivity contribution >= 4 is 22.7 Å². The molecule has 0 bridgehead atoms. The van der Waals surface area contributed by atoms with Crippen LogP contribution in [-0.4, -0.2) is 22.9 Å². The van der Waals surface area contributed by atoms with E-state index in [0.717, 1.165) is 11.1 Å². The van der Waals surface area contributed by atoms with E-state index in [1.54, 1.807) is 11.8 Å². The molecule has 1 unspecified atom stereocenters. The third kappa shape index (κ3) is 2.45. The summed E-state index contributed by atoms with van der Waals surface area (Å²) >= 11 is 1.64. The molecule has 0 spiro atoms. The molecule has 5 heteroatoms. The first kappa shape index (κ1) is 9.02. The first-order valence-electron chi connectivity index (χ1n) is 4.42. The minimum absolute atomic E-state index is 0.0816. The first-order chi connectivity index (χ1) is 6.25. The normalized spacial score (nSPS) is 30.5. The van der Waals surface area contributed by atoms with Gasteiger partial charge in [0.25, 0.3) is 0 Å². The molecule has 1 heterocycles. The summed E-state index contributed by atoms with van der Waals surface area (Å²) in [6.07, 6.45) is 2.58. The van der Waals surface area contributed by atoms with Crippen molar-refractivity contribution in [2.75, 3.05) is 6.54 Å². The SMILES string of the molecule is CC(=O)CN=C1[N]NC(C2CC2)S1. The Morgan fingerprint density at radius 3 is 3.15 bits per heavy atom. The number of aliphatic imine (C=N–C) groups is 1. The van der Waals surface area contributed by atoms with E-state index < -0.39 is 0 Å². The molecule has 71 valence electrons. The molecule has 2 aliphatic rings. The van der Waals surface area contributed by atoms with Crippen LogP contribution in [0.3, 0.4) is 0 Å². The highest BCUT2D eigenvalue weighted by atomic mass is 32.2. The molecule has 1 radical (unpaired) electrons. The molecule has 1 aliphatic heterocycles. The van der Waals surface area contributed by atoms with Crippen LogP contribution in [0.4, 0.5) is 0 Å². The van der Waals surface area contributed by atoms with Crippen LogP contribution in [0.2, 0.25) is 0 Å². The predicted octanol–water partition coefficient (Wildman–Crippen LogP) is 0.523. The molecule has 0 aromatic heterocycles. The number of amidine groups is 1. The van der Waals surface area contributed by atoms with Gasteiger partial charge in [-0.25, -0.2) is 0 Å². The Bertz CT molecular complexity index is 250. The topological polar surface area (TPSA) is 55.6 Å². The van der Waals surface area contributed by atoms with Crippen LogP contribution in [-0.2, 0) is 4.79 Å². The molecule has 1 saturated heterocycles. The van der Waals surface area contributed by atoms with Gasteiger partial charge in [-0.05, 0) is 25.7 Å². The smallest absolute Gasteiger partial charge is 0.198 e. The maximum Gasteiger partial charge on any atom is 0.198 e. The lowest BCUT2D eigenvalue weighted by Gasteiger charge is -2.00. The number of carbonyl (C=O) groups excluding carboxylic acids is 1. The Labute approximate surface area is 81.5 Å². The summed E-state index contributed by atoms with van der Waals surface area (Å²) in [5, 5.41) is 1.14. The average Bonchev–Trinajstić information content (AvgIpc) is 2.83. The van der Waals surface area contributed by atoms with E-state index in [9.17, 15) is 4.79 Å². The van der Waals surface area contributed by atoms with Crippen LogP contribution in [0.5, 0.6) is 0 Å². The van der Waals surface area contributed by atoms with Gasteiger partial charge in [0.1, 0.15) is 6.54 Å². The van der Waals surface area contributed by atoms with E-state index in [-0.39, 0.29) is 12.3 Å². The molecule has 1 atom stereocenters. The van der Waals surface area contributed by atoms with Gasteiger partial charge in [-0.15, -0.1) is 0 Å². The Morgan fingerprint density at radius 2 is 2.54 bits per heavy atom. The molecule has 0 aromatic rings. The zero-order chi connectivity index (χ0) is 9.26.